The van der Waals surface area contributed by atoms with E-state index in [9.17, 15) is 0 Å². The van der Waals surface area contributed by atoms with Crippen molar-refractivity contribution in [3.05, 3.63) is 27.7 Å². The van der Waals surface area contributed by atoms with E-state index >= 15 is 0 Å². The molecule has 5 heteroatoms. The Morgan fingerprint density at radius 3 is 3.00 bits per heavy atom. The van der Waals surface area contributed by atoms with Gasteiger partial charge in [0.15, 0.2) is 0 Å². The van der Waals surface area contributed by atoms with Crippen molar-refractivity contribution in [3.8, 4) is 5.75 Å². The largest absolute Gasteiger partial charge is 0.493 e. The molecule has 110 valence electrons. The summed E-state index contributed by atoms with van der Waals surface area (Å²) in [4.78, 5) is 0. The number of halogens is 1. The van der Waals surface area contributed by atoms with E-state index < -0.39 is 0 Å². The van der Waals surface area contributed by atoms with Gasteiger partial charge in [0.2, 0.25) is 0 Å². The minimum absolute atomic E-state index is 0.0904. The van der Waals surface area contributed by atoms with Crippen LogP contribution in [0.15, 0.2) is 16.6 Å². The van der Waals surface area contributed by atoms with Gasteiger partial charge >= 0.3 is 0 Å². The van der Waals surface area contributed by atoms with Crippen molar-refractivity contribution < 1.29 is 9.47 Å². The van der Waals surface area contributed by atoms with Crippen LogP contribution in [0.4, 0.5) is 0 Å². The summed E-state index contributed by atoms with van der Waals surface area (Å²) in [6.45, 7) is 3.73. The molecule has 2 unspecified atom stereocenters. The van der Waals surface area contributed by atoms with Crippen molar-refractivity contribution in [1.82, 2.24) is 5.43 Å². The summed E-state index contributed by atoms with van der Waals surface area (Å²) in [6, 6.07) is 4.37. The van der Waals surface area contributed by atoms with Crippen LogP contribution in [0.2, 0.25) is 0 Å². The van der Waals surface area contributed by atoms with Gasteiger partial charge in [-0.2, -0.15) is 0 Å². The number of hydrazine groups is 1. The molecule has 2 aliphatic rings. The van der Waals surface area contributed by atoms with E-state index in [1.807, 2.05) is 0 Å². The SMILES string of the molecule is CC1(C(Cc2cc(Br)cc3c2OCC3)NN)CCCO1. The number of nitrogens with one attached hydrogen (secondary N) is 1. The van der Waals surface area contributed by atoms with E-state index in [2.05, 4.69) is 40.4 Å². The zero-order valence-corrected chi connectivity index (χ0v) is 13.3. The van der Waals surface area contributed by atoms with E-state index in [0.717, 1.165) is 49.1 Å². The first kappa shape index (κ1) is 14.3. The number of hydrogen-bond donors (Lipinski definition) is 2. The summed E-state index contributed by atoms with van der Waals surface area (Å²) in [7, 11) is 0. The van der Waals surface area contributed by atoms with Crippen molar-refractivity contribution in [3.63, 3.8) is 0 Å². The summed E-state index contributed by atoms with van der Waals surface area (Å²) >= 11 is 3.59. The molecule has 4 nitrogen and oxygen atoms in total. The lowest BCUT2D eigenvalue weighted by Gasteiger charge is -2.33. The molecule has 3 N–H and O–H groups in total. The molecule has 1 aromatic carbocycles. The van der Waals surface area contributed by atoms with Gasteiger partial charge in [-0.05, 0) is 49.4 Å². The fourth-order valence-corrected chi connectivity index (χ4v) is 3.80. The van der Waals surface area contributed by atoms with Crippen LogP contribution in [0.25, 0.3) is 0 Å². The average Bonchev–Trinajstić information content (AvgIpc) is 3.04. The van der Waals surface area contributed by atoms with Gasteiger partial charge in [-0.25, -0.2) is 0 Å². The van der Waals surface area contributed by atoms with Crippen molar-refractivity contribution in [1.29, 1.82) is 0 Å². The Kier molecular flexibility index (Phi) is 4.04. The maximum absolute atomic E-state index is 5.92. The van der Waals surface area contributed by atoms with Crippen molar-refractivity contribution in [2.75, 3.05) is 13.2 Å². The predicted octanol–water partition coefficient (Wildman–Crippen LogP) is 2.33. The van der Waals surface area contributed by atoms with Gasteiger partial charge in [0.1, 0.15) is 5.75 Å². The fourth-order valence-electron chi connectivity index (χ4n) is 3.24. The molecule has 0 aliphatic carbocycles. The minimum atomic E-state index is -0.192. The predicted molar refractivity (Wildman–Crippen MR) is 81.7 cm³/mol. The maximum Gasteiger partial charge on any atom is 0.125 e. The Balaban J connectivity index is 1.86. The first-order valence-electron chi connectivity index (χ1n) is 7.16. The third-order valence-electron chi connectivity index (χ3n) is 4.44. The van der Waals surface area contributed by atoms with E-state index in [1.54, 1.807) is 0 Å². The van der Waals surface area contributed by atoms with Gasteiger partial charge in [0.25, 0.3) is 0 Å². The van der Waals surface area contributed by atoms with Gasteiger partial charge in [-0.1, -0.05) is 15.9 Å². The lowest BCUT2D eigenvalue weighted by Crippen LogP contribution is -2.52. The highest BCUT2D eigenvalue weighted by molar-refractivity contribution is 9.10. The molecule has 2 atom stereocenters. The smallest absolute Gasteiger partial charge is 0.125 e. The Morgan fingerprint density at radius 2 is 2.30 bits per heavy atom. The number of hydrogen-bond acceptors (Lipinski definition) is 4. The Labute approximate surface area is 128 Å². The van der Waals surface area contributed by atoms with E-state index in [1.165, 1.54) is 11.1 Å². The van der Waals surface area contributed by atoms with Crippen LogP contribution < -0.4 is 16.0 Å². The summed E-state index contributed by atoms with van der Waals surface area (Å²) in [5.74, 6) is 6.82. The normalized spacial score (nSPS) is 26.4. The van der Waals surface area contributed by atoms with Gasteiger partial charge in [-0.15, -0.1) is 0 Å². The molecule has 3 rings (SSSR count). The molecular weight excluding hydrogens is 320 g/mol. The molecule has 0 radical (unpaired) electrons. The van der Waals surface area contributed by atoms with E-state index in [-0.39, 0.29) is 11.6 Å². The standard InChI is InChI=1S/C15H21BrN2O2/c1-15(4-2-5-20-15)13(18-17)9-11-8-12(16)7-10-3-6-19-14(10)11/h7-8,13,18H,2-6,9,17H2,1H3. The zero-order chi connectivity index (χ0) is 14.2. The van der Waals surface area contributed by atoms with Crippen LogP contribution in [0.5, 0.6) is 5.75 Å². The third kappa shape index (κ3) is 2.60. The van der Waals surface area contributed by atoms with Crippen LogP contribution in [-0.4, -0.2) is 24.9 Å². The molecule has 1 saturated heterocycles. The topological polar surface area (TPSA) is 56.5 Å². The number of benzene rings is 1. The van der Waals surface area contributed by atoms with Gasteiger partial charge in [0, 0.05) is 17.5 Å². The lowest BCUT2D eigenvalue weighted by atomic mass is 9.88. The van der Waals surface area contributed by atoms with Gasteiger partial charge in [-0.3, -0.25) is 11.3 Å². The minimum Gasteiger partial charge on any atom is -0.493 e. The van der Waals surface area contributed by atoms with Gasteiger partial charge in [0.05, 0.1) is 18.2 Å². The Bertz CT molecular complexity index is 501. The number of rotatable bonds is 4. The van der Waals surface area contributed by atoms with Crippen molar-refractivity contribution in [2.45, 2.75) is 44.2 Å². The molecule has 2 heterocycles. The number of ether oxygens (including phenoxy) is 2. The molecule has 20 heavy (non-hydrogen) atoms. The molecule has 0 aromatic heterocycles. The fraction of sp³-hybridized carbons (Fsp3) is 0.600. The van der Waals surface area contributed by atoms with E-state index in [4.69, 9.17) is 15.3 Å². The summed E-state index contributed by atoms with van der Waals surface area (Å²) in [5.41, 5.74) is 5.24. The molecule has 2 aliphatic heterocycles. The summed E-state index contributed by atoms with van der Waals surface area (Å²) < 4.78 is 12.8. The maximum atomic E-state index is 5.92. The van der Waals surface area contributed by atoms with Crippen LogP contribution in [0, 0.1) is 0 Å². The van der Waals surface area contributed by atoms with Crippen LogP contribution in [-0.2, 0) is 17.6 Å². The molecule has 0 amide bonds. The van der Waals surface area contributed by atoms with Gasteiger partial charge < -0.3 is 9.47 Å². The summed E-state index contributed by atoms with van der Waals surface area (Å²) in [6.07, 6.45) is 3.94. The molecule has 1 fully saturated rings. The van der Waals surface area contributed by atoms with Crippen LogP contribution >= 0.6 is 15.9 Å². The molecule has 1 aromatic rings. The first-order valence-corrected chi connectivity index (χ1v) is 7.96. The second kappa shape index (κ2) is 5.64. The monoisotopic (exact) mass is 340 g/mol. The number of fused-ring (bicyclic) bond motifs is 1. The Morgan fingerprint density at radius 1 is 1.45 bits per heavy atom. The lowest BCUT2D eigenvalue weighted by molar-refractivity contribution is -0.0116. The van der Waals surface area contributed by atoms with Crippen molar-refractivity contribution in [2.24, 2.45) is 5.84 Å². The number of nitrogens with two attached hydrogens (primary N) is 1. The van der Waals surface area contributed by atoms with Crippen LogP contribution in [0.3, 0.4) is 0 Å². The van der Waals surface area contributed by atoms with Crippen molar-refractivity contribution >= 4 is 15.9 Å². The molecule has 0 bridgehead atoms. The third-order valence-corrected chi connectivity index (χ3v) is 4.89. The second-order valence-electron chi connectivity index (χ2n) is 5.84. The second-order valence-corrected chi connectivity index (χ2v) is 6.76. The quantitative estimate of drug-likeness (QED) is 0.652. The highest BCUT2D eigenvalue weighted by atomic mass is 79.9. The Hall–Kier alpha value is -0.620. The zero-order valence-electron chi connectivity index (χ0n) is 11.7. The highest BCUT2D eigenvalue weighted by Gasteiger charge is 2.38. The highest BCUT2D eigenvalue weighted by Crippen LogP contribution is 2.36. The summed E-state index contributed by atoms with van der Waals surface area (Å²) in [5, 5.41) is 0. The average molecular weight is 341 g/mol. The molecule has 0 saturated carbocycles. The molecule has 0 spiro atoms. The molecular formula is C15H21BrN2O2. The van der Waals surface area contributed by atoms with Crippen LogP contribution in [0.1, 0.15) is 30.9 Å². The first-order chi connectivity index (χ1) is 9.62. The van der Waals surface area contributed by atoms with E-state index in [0.29, 0.717) is 0 Å².